The second-order valence-corrected chi connectivity index (χ2v) is 6.46. The fourth-order valence-corrected chi connectivity index (χ4v) is 3.06. The molecule has 7 heteroatoms. The molecular formula is C19H26N6O. The molecule has 1 aliphatic rings. The van der Waals surface area contributed by atoms with Crippen molar-refractivity contribution in [3.63, 3.8) is 0 Å². The molecule has 2 aromatic rings. The van der Waals surface area contributed by atoms with Crippen LogP contribution in [0.5, 0.6) is 0 Å². The van der Waals surface area contributed by atoms with Crippen molar-refractivity contribution in [3.8, 4) is 0 Å². The fraction of sp³-hybridized carbons (Fsp3) is 0.421. The molecule has 138 valence electrons. The van der Waals surface area contributed by atoms with E-state index in [1.807, 2.05) is 37.3 Å². The predicted octanol–water partition coefficient (Wildman–Crippen LogP) is 2.63. The third-order valence-electron chi connectivity index (χ3n) is 4.45. The first-order valence-corrected chi connectivity index (χ1v) is 9.01. The summed E-state index contributed by atoms with van der Waals surface area (Å²) in [6, 6.07) is 9.56. The molecule has 0 radical (unpaired) electrons. The summed E-state index contributed by atoms with van der Waals surface area (Å²) in [5, 5.41) is 6.09. The first kappa shape index (κ1) is 18.1. The second kappa shape index (κ2) is 8.14. The zero-order valence-electron chi connectivity index (χ0n) is 15.6. The zero-order chi connectivity index (χ0) is 18.5. The minimum Gasteiger partial charge on any atom is -0.354 e. The van der Waals surface area contributed by atoms with Crippen molar-refractivity contribution < 1.29 is 4.79 Å². The number of carbonyl (C=O) groups excluding carboxylic acids is 1. The summed E-state index contributed by atoms with van der Waals surface area (Å²) in [4.78, 5) is 25.0. The number of nitrogens with one attached hydrogen (secondary N) is 2. The molecule has 1 amide bonds. The Bertz CT molecular complexity index is 753. The number of benzene rings is 1. The fourth-order valence-electron chi connectivity index (χ4n) is 3.06. The molecule has 0 spiro atoms. The summed E-state index contributed by atoms with van der Waals surface area (Å²) in [6.07, 6.45) is 0. The van der Waals surface area contributed by atoms with Crippen LogP contribution in [0.2, 0.25) is 0 Å². The van der Waals surface area contributed by atoms with E-state index in [0.717, 1.165) is 61.6 Å². The number of rotatable bonds is 5. The number of amides is 1. The summed E-state index contributed by atoms with van der Waals surface area (Å²) >= 11 is 0. The van der Waals surface area contributed by atoms with Gasteiger partial charge in [-0.2, -0.15) is 0 Å². The molecule has 0 atom stereocenters. The number of anilines is 4. The normalized spacial score (nSPS) is 15.0. The standard InChI is InChI=1S/C19H26N6O/c1-4-24-9-11-25(12-10-24)19-13-18(20-14(2)21-19)23-17-7-5-16(6-8-17)22-15(3)26/h5-8,13H,4,9-12H2,1-3H3,(H,22,26)(H,20,21,23). The molecule has 0 unspecified atom stereocenters. The Morgan fingerprint density at radius 2 is 1.73 bits per heavy atom. The number of likely N-dealkylation sites (N-methyl/N-ethyl adjacent to an activating group) is 1. The summed E-state index contributed by atoms with van der Waals surface area (Å²) in [5.41, 5.74) is 1.69. The molecule has 1 aliphatic heterocycles. The number of aryl methyl sites for hydroxylation is 1. The van der Waals surface area contributed by atoms with Crippen molar-refractivity contribution in [1.82, 2.24) is 14.9 Å². The van der Waals surface area contributed by atoms with E-state index < -0.39 is 0 Å². The number of aromatic nitrogens is 2. The smallest absolute Gasteiger partial charge is 0.221 e. The molecule has 1 aromatic carbocycles. The van der Waals surface area contributed by atoms with Crippen LogP contribution in [0, 0.1) is 6.92 Å². The molecule has 0 saturated carbocycles. The third-order valence-corrected chi connectivity index (χ3v) is 4.45. The summed E-state index contributed by atoms with van der Waals surface area (Å²) in [6.45, 7) is 10.8. The topological polar surface area (TPSA) is 73.4 Å². The molecule has 2 heterocycles. The average Bonchev–Trinajstić information content (AvgIpc) is 2.62. The highest BCUT2D eigenvalue weighted by Gasteiger charge is 2.17. The first-order chi connectivity index (χ1) is 12.5. The molecule has 2 N–H and O–H groups in total. The van der Waals surface area contributed by atoms with E-state index in [1.165, 1.54) is 6.92 Å². The Labute approximate surface area is 154 Å². The lowest BCUT2D eigenvalue weighted by Gasteiger charge is -2.34. The number of carbonyl (C=O) groups is 1. The highest BCUT2D eigenvalue weighted by molar-refractivity contribution is 5.88. The van der Waals surface area contributed by atoms with Crippen molar-refractivity contribution in [2.24, 2.45) is 0 Å². The molecule has 0 aliphatic carbocycles. The molecule has 1 saturated heterocycles. The van der Waals surface area contributed by atoms with Gasteiger partial charge in [0.15, 0.2) is 0 Å². The summed E-state index contributed by atoms with van der Waals surface area (Å²) in [5.74, 6) is 2.41. The van der Waals surface area contributed by atoms with Crippen molar-refractivity contribution in [1.29, 1.82) is 0 Å². The van der Waals surface area contributed by atoms with E-state index in [4.69, 9.17) is 0 Å². The zero-order valence-corrected chi connectivity index (χ0v) is 15.6. The van der Waals surface area contributed by atoms with E-state index in [2.05, 4.69) is 37.3 Å². The summed E-state index contributed by atoms with van der Waals surface area (Å²) in [7, 11) is 0. The van der Waals surface area contributed by atoms with E-state index in [-0.39, 0.29) is 5.91 Å². The maximum absolute atomic E-state index is 11.1. The first-order valence-electron chi connectivity index (χ1n) is 9.01. The molecular weight excluding hydrogens is 328 g/mol. The molecule has 3 rings (SSSR count). The lowest BCUT2D eigenvalue weighted by atomic mass is 10.2. The van der Waals surface area contributed by atoms with Gasteiger partial charge in [-0.05, 0) is 37.7 Å². The largest absolute Gasteiger partial charge is 0.354 e. The quantitative estimate of drug-likeness (QED) is 0.860. The summed E-state index contributed by atoms with van der Waals surface area (Å²) < 4.78 is 0. The van der Waals surface area contributed by atoms with Crippen molar-refractivity contribution >= 4 is 28.9 Å². The van der Waals surface area contributed by atoms with Crippen LogP contribution in [0.4, 0.5) is 23.0 Å². The number of hydrogen-bond donors (Lipinski definition) is 2. The van der Waals surface area contributed by atoms with Crippen LogP contribution < -0.4 is 15.5 Å². The Balaban J connectivity index is 1.70. The predicted molar refractivity (Wildman–Crippen MR) is 105 cm³/mol. The Morgan fingerprint density at radius 3 is 2.35 bits per heavy atom. The Kier molecular flexibility index (Phi) is 5.68. The Hall–Kier alpha value is -2.67. The molecule has 7 nitrogen and oxygen atoms in total. The third kappa shape index (κ3) is 4.70. The maximum Gasteiger partial charge on any atom is 0.221 e. The van der Waals surface area contributed by atoms with Gasteiger partial charge in [-0.1, -0.05) is 6.92 Å². The van der Waals surface area contributed by atoms with Crippen LogP contribution in [0.25, 0.3) is 0 Å². The van der Waals surface area contributed by atoms with Crippen LogP contribution in [0.1, 0.15) is 19.7 Å². The van der Waals surface area contributed by atoms with Gasteiger partial charge in [0.2, 0.25) is 5.91 Å². The van der Waals surface area contributed by atoms with Crippen LogP contribution in [-0.2, 0) is 4.79 Å². The van der Waals surface area contributed by atoms with Gasteiger partial charge in [-0.3, -0.25) is 4.79 Å². The second-order valence-electron chi connectivity index (χ2n) is 6.46. The van der Waals surface area contributed by atoms with Gasteiger partial charge in [0.25, 0.3) is 0 Å². The Morgan fingerprint density at radius 1 is 1.08 bits per heavy atom. The molecule has 0 bridgehead atoms. The lowest BCUT2D eigenvalue weighted by molar-refractivity contribution is -0.114. The van der Waals surface area contributed by atoms with Gasteiger partial charge in [0, 0.05) is 50.5 Å². The monoisotopic (exact) mass is 354 g/mol. The molecule has 26 heavy (non-hydrogen) atoms. The van der Waals surface area contributed by atoms with Crippen molar-refractivity contribution in [3.05, 3.63) is 36.2 Å². The van der Waals surface area contributed by atoms with Crippen molar-refractivity contribution in [2.45, 2.75) is 20.8 Å². The minimum absolute atomic E-state index is 0.0788. The van der Waals surface area contributed by atoms with Crippen LogP contribution in [0.15, 0.2) is 30.3 Å². The van der Waals surface area contributed by atoms with Gasteiger partial charge >= 0.3 is 0 Å². The number of hydrogen-bond acceptors (Lipinski definition) is 6. The van der Waals surface area contributed by atoms with Crippen LogP contribution in [0.3, 0.4) is 0 Å². The van der Waals surface area contributed by atoms with E-state index >= 15 is 0 Å². The van der Waals surface area contributed by atoms with Gasteiger partial charge in [-0.25, -0.2) is 9.97 Å². The van der Waals surface area contributed by atoms with Crippen LogP contribution >= 0.6 is 0 Å². The van der Waals surface area contributed by atoms with Gasteiger partial charge in [-0.15, -0.1) is 0 Å². The van der Waals surface area contributed by atoms with E-state index in [1.54, 1.807) is 0 Å². The average molecular weight is 354 g/mol. The van der Waals surface area contributed by atoms with Gasteiger partial charge in [0.1, 0.15) is 17.5 Å². The van der Waals surface area contributed by atoms with Gasteiger partial charge < -0.3 is 20.4 Å². The van der Waals surface area contributed by atoms with E-state index in [9.17, 15) is 4.79 Å². The lowest BCUT2D eigenvalue weighted by Crippen LogP contribution is -2.46. The highest BCUT2D eigenvalue weighted by Crippen LogP contribution is 2.22. The number of piperazine rings is 1. The maximum atomic E-state index is 11.1. The SMILES string of the molecule is CCN1CCN(c2cc(Nc3ccc(NC(C)=O)cc3)nc(C)n2)CC1. The van der Waals surface area contributed by atoms with E-state index in [0.29, 0.717) is 0 Å². The van der Waals surface area contributed by atoms with Crippen LogP contribution in [-0.4, -0.2) is 53.5 Å². The molecule has 1 aromatic heterocycles. The number of nitrogens with zero attached hydrogens (tertiary/aromatic N) is 4. The highest BCUT2D eigenvalue weighted by atomic mass is 16.1. The minimum atomic E-state index is -0.0788. The van der Waals surface area contributed by atoms with Crippen molar-refractivity contribution in [2.75, 3.05) is 48.3 Å². The van der Waals surface area contributed by atoms with Gasteiger partial charge in [0.05, 0.1) is 0 Å². The molecule has 1 fully saturated rings.